The van der Waals surface area contributed by atoms with E-state index < -0.39 is 0 Å². The highest BCUT2D eigenvalue weighted by Gasteiger charge is 2.17. The van der Waals surface area contributed by atoms with Gasteiger partial charge >= 0.3 is 0 Å². The minimum atomic E-state index is -0.165. The van der Waals surface area contributed by atoms with E-state index in [4.69, 9.17) is 0 Å². The van der Waals surface area contributed by atoms with Gasteiger partial charge in [-0.1, -0.05) is 18.2 Å². The third-order valence-corrected chi connectivity index (χ3v) is 4.61. The average Bonchev–Trinajstić information content (AvgIpc) is 3.03. The Hall–Kier alpha value is -2.79. The summed E-state index contributed by atoms with van der Waals surface area (Å²) < 4.78 is 0. The van der Waals surface area contributed by atoms with Crippen molar-refractivity contribution in [1.29, 1.82) is 0 Å². The second kappa shape index (κ2) is 6.14. The summed E-state index contributed by atoms with van der Waals surface area (Å²) in [6.45, 7) is 0. The highest BCUT2D eigenvalue weighted by atomic mass is 32.1. The number of phenols is 2. The largest absolute Gasteiger partial charge is 0.508 e. The molecule has 3 rings (SSSR count). The first-order valence-electron chi connectivity index (χ1n) is 7.01. The van der Waals surface area contributed by atoms with E-state index >= 15 is 0 Å². The van der Waals surface area contributed by atoms with E-state index in [0.717, 1.165) is 4.88 Å². The van der Waals surface area contributed by atoms with E-state index in [1.165, 1.54) is 22.3 Å². The molecule has 0 aliphatic rings. The van der Waals surface area contributed by atoms with Crippen LogP contribution in [0.3, 0.4) is 0 Å². The zero-order valence-electron chi connectivity index (χ0n) is 12.4. The number of para-hydroxylation sites is 1. The Morgan fingerprint density at radius 3 is 2.52 bits per heavy atom. The highest BCUT2D eigenvalue weighted by Crippen LogP contribution is 2.34. The van der Waals surface area contributed by atoms with Crippen molar-refractivity contribution in [3.05, 3.63) is 65.5 Å². The van der Waals surface area contributed by atoms with Crippen molar-refractivity contribution in [2.45, 2.75) is 0 Å². The fraction of sp³-hybridized carbons (Fsp3) is 0.0556. The Bertz CT molecular complexity index is 857. The van der Waals surface area contributed by atoms with Crippen molar-refractivity contribution < 1.29 is 15.0 Å². The molecule has 1 amide bonds. The van der Waals surface area contributed by atoms with Gasteiger partial charge in [-0.25, -0.2) is 0 Å². The Morgan fingerprint density at radius 1 is 1.00 bits per heavy atom. The topological polar surface area (TPSA) is 60.8 Å². The van der Waals surface area contributed by atoms with Gasteiger partial charge in [0.15, 0.2) is 0 Å². The monoisotopic (exact) mass is 325 g/mol. The van der Waals surface area contributed by atoms with Crippen LogP contribution < -0.4 is 4.90 Å². The van der Waals surface area contributed by atoms with E-state index in [1.54, 1.807) is 43.4 Å². The van der Waals surface area contributed by atoms with Gasteiger partial charge in [-0.3, -0.25) is 4.79 Å². The molecule has 1 heterocycles. The number of anilines is 1. The van der Waals surface area contributed by atoms with Crippen molar-refractivity contribution in [2.24, 2.45) is 0 Å². The molecule has 0 saturated carbocycles. The predicted molar refractivity (Wildman–Crippen MR) is 92.3 cm³/mol. The number of hydrogen-bond donors (Lipinski definition) is 2. The van der Waals surface area contributed by atoms with Crippen LogP contribution in [0.15, 0.2) is 60.7 Å². The average molecular weight is 325 g/mol. The summed E-state index contributed by atoms with van der Waals surface area (Å²) >= 11 is 1.32. The lowest BCUT2D eigenvalue weighted by atomic mass is 10.1. The molecule has 0 spiro atoms. The van der Waals surface area contributed by atoms with Gasteiger partial charge in [-0.15, -0.1) is 11.3 Å². The van der Waals surface area contributed by atoms with Crippen LogP contribution in [-0.2, 0) is 0 Å². The fourth-order valence-corrected chi connectivity index (χ4v) is 3.28. The standard InChI is InChI=1S/C18H15NO3S/c1-19(12-5-4-6-13(20)11-12)18(22)17-10-9-16(23-17)14-7-2-3-8-15(14)21/h2-11,20-21H,1H3. The molecule has 0 aliphatic heterocycles. The Morgan fingerprint density at radius 2 is 1.78 bits per heavy atom. The number of aromatic hydroxyl groups is 2. The maximum absolute atomic E-state index is 12.6. The number of benzene rings is 2. The van der Waals surface area contributed by atoms with Gasteiger partial charge in [0, 0.05) is 29.2 Å². The molecule has 0 fully saturated rings. The number of nitrogens with zero attached hydrogens (tertiary/aromatic N) is 1. The van der Waals surface area contributed by atoms with Gasteiger partial charge in [0.2, 0.25) is 0 Å². The molecular weight excluding hydrogens is 310 g/mol. The Kier molecular flexibility index (Phi) is 4.04. The first-order valence-corrected chi connectivity index (χ1v) is 7.83. The van der Waals surface area contributed by atoms with Crippen molar-refractivity contribution in [2.75, 3.05) is 11.9 Å². The fourth-order valence-electron chi connectivity index (χ4n) is 2.26. The molecular formula is C18H15NO3S. The summed E-state index contributed by atoms with van der Waals surface area (Å²) in [5, 5.41) is 19.4. The molecule has 5 heteroatoms. The van der Waals surface area contributed by atoms with E-state index in [-0.39, 0.29) is 17.4 Å². The molecule has 0 bridgehead atoms. The lowest BCUT2D eigenvalue weighted by Crippen LogP contribution is -2.25. The van der Waals surface area contributed by atoms with Gasteiger partial charge in [0.1, 0.15) is 11.5 Å². The third-order valence-electron chi connectivity index (χ3n) is 3.51. The molecule has 2 N–H and O–H groups in total. The van der Waals surface area contributed by atoms with E-state index in [1.807, 2.05) is 18.2 Å². The summed E-state index contributed by atoms with van der Waals surface area (Å²) in [5.41, 5.74) is 1.32. The highest BCUT2D eigenvalue weighted by molar-refractivity contribution is 7.17. The number of thiophene rings is 1. The number of hydrogen-bond acceptors (Lipinski definition) is 4. The number of carbonyl (C=O) groups is 1. The molecule has 2 aromatic carbocycles. The maximum atomic E-state index is 12.6. The second-order valence-corrected chi connectivity index (χ2v) is 6.15. The van der Waals surface area contributed by atoms with E-state index in [9.17, 15) is 15.0 Å². The summed E-state index contributed by atoms with van der Waals surface area (Å²) in [5.74, 6) is 0.139. The number of amides is 1. The van der Waals surface area contributed by atoms with Crippen molar-refractivity contribution in [3.63, 3.8) is 0 Å². The van der Waals surface area contributed by atoms with Crippen LogP contribution in [0.4, 0.5) is 5.69 Å². The van der Waals surface area contributed by atoms with Crippen molar-refractivity contribution in [3.8, 4) is 21.9 Å². The third kappa shape index (κ3) is 3.05. The molecule has 23 heavy (non-hydrogen) atoms. The van der Waals surface area contributed by atoms with Crippen LogP contribution in [0.2, 0.25) is 0 Å². The van der Waals surface area contributed by atoms with E-state index in [0.29, 0.717) is 16.1 Å². The first-order chi connectivity index (χ1) is 11.1. The van der Waals surface area contributed by atoms with Gasteiger partial charge in [0.25, 0.3) is 5.91 Å². The Balaban J connectivity index is 1.88. The SMILES string of the molecule is CN(C(=O)c1ccc(-c2ccccc2O)s1)c1cccc(O)c1. The van der Waals surface area contributed by atoms with Crippen LogP contribution in [0, 0.1) is 0 Å². The maximum Gasteiger partial charge on any atom is 0.268 e. The second-order valence-electron chi connectivity index (χ2n) is 5.07. The minimum absolute atomic E-state index is 0.114. The summed E-state index contributed by atoms with van der Waals surface area (Å²) in [7, 11) is 1.66. The zero-order valence-corrected chi connectivity index (χ0v) is 13.2. The number of phenolic OH excluding ortho intramolecular Hbond substituents is 2. The quantitative estimate of drug-likeness (QED) is 0.762. The molecule has 0 radical (unpaired) electrons. The van der Waals surface area contributed by atoms with Crippen LogP contribution in [0.5, 0.6) is 11.5 Å². The first kappa shape index (κ1) is 15.1. The van der Waals surface area contributed by atoms with Crippen LogP contribution in [0.1, 0.15) is 9.67 Å². The van der Waals surface area contributed by atoms with E-state index in [2.05, 4.69) is 0 Å². The summed E-state index contributed by atoms with van der Waals surface area (Å²) in [6.07, 6.45) is 0. The van der Waals surface area contributed by atoms with Crippen molar-refractivity contribution >= 4 is 22.9 Å². The van der Waals surface area contributed by atoms with Gasteiger partial charge in [-0.2, -0.15) is 0 Å². The molecule has 0 atom stereocenters. The summed E-state index contributed by atoms with van der Waals surface area (Å²) in [6, 6.07) is 17.1. The summed E-state index contributed by atoms with van der Waals surface area (Å²) in [4.78, 5) is 15.5. The lowest BCUT2D eigenvalue weighted by molar-refractivity contribution is 0.0997. The molecule has 116 valence electrons. The van der Waals surface area contributed by atoms with Crippen LogP contribution in [-0.4, -0.2) is 23.2 Å². The lowest BCUT2D eigenvalue weighted by Gasteiger charge is -2.16. The molecule has 3 aromatic rings. The van der Waals surface area contributed by atoms with Crippen molar-refractivity contribution in [1.82, 2.24) is 0 Å². The van der Waals surface area contributed by atoms with Gasteiger partial charge in [0.05, 0.1) is 4.88 Å². The van der Waals surface area contributed by atoms with Crippen LogP contribution >= 0.6 is 11.3 Å². The van der Waals surface area contributed by atoms with Gasteiger partial charge < -0.3 is 15.1 Å². The zero-order chi connectivity index (χ0) is 16.4. The smallest absolute Gasteiger partial charge is 0.268 e. The number of rotatable bonds is 3. The Labute approximate surface area is 137 Å². The molecule has 4 nitrogen and oxygen atoms in total. The molecule has 0 aliphatic carbocycles. The van der Waals surface area contributed by atoms with Gasteiger partial charge in [-0.05, 0) is 36.4 Å². The minimum Gasteiger partial charge on any atom is -0.508 e. The number of carbonyl (C=O) groups excluding carboxylic acids is 1. The molecule has 0 saturated heterocycles. The van der Waals surface area contributed by atoms with Crippen LogP contribution in [0.25, 0.3) is 10.4 Å². The molecule has 1 aromatic heterocycles. The predicted octanol–water partition coefficient (Wildman–Crippen LogP) is 4.10. The molecule has 0 unspecified atom stereocenters. The normalized spacial score (nSPS) is 10.5.